The first-order chi connectivity index (χ1) is 8.40. The van der Waals surface area contributed by atoms with Crippen LogP contribution in [-0.2, 0) is 5.88 Å². The summed E-state index contributed by atoms with van der Waals surface area (Å²) in [6, 6.07) is 17.0. The highest BCUT2D eigenvalue weighted by Gasteiger charge is 2.20. The quantitative estimate of drug-likeness (QED) is 0.674. The molecule has 0 heterocycles. The maximum absolute atomic E-state index is 6.01. The van der Waals surface area contributed by atoms with Crippen molar-refractivity contribution >= 4 is 17.7 Å². The average Bonchev–Trinajstić information content (AvgIpc) is 2.82. The van der Waals surface area contributed by atoms with Crippen LogP contribution in [-0.4, -0.2) is 0 Å². The van der Waals surface area contributed by atoms with Gasteiger partial charge in [0.2, 0.25) is 0 Å². The van der Waals surface area contributed by atoms with E-state index in [1.807, 2.05) is 6.07 Å². The van der Waals surface area contributed by atoms with Crippen molar-refractivity contribution < 1.29 is 0 Å². The van der Waals surface area contributed by atoms with E-state index in [1.54, 1.807) is 0 Å². The molecule has 0 amide bonds. The van der Waals surface area contributed by atoms with E-state index in [-0.39, 0.29) is 0 Å². The molecule has 1 aliphatic rings. The normalized spacial score (nSPS) is 17.1. The van der Waals surface area contributed by atoms with Gasteiger partial charge in [0.15, 0.2) is 0 Å². The molecule has 0 nitrogen and oxygen atoms in total. The van der Waals surface area contributed by atoms with Crippen LogP contribution >= 0.6 is 11.6 Å². The Kier molecular flexibility index (Phi) is 2.74. The van der Waals surface area contributed by atoms with Gasteiger partial charge in [-0.05, 0) is 22.3 Å². The molecule has 0 radical (unpaired) electrons. The molecular formula is C16H13Cl. The Labute approximate surface area is 107 Å². The Balaban J connectivity index is 2.10. The summed E-state index contributed by atoms with van der Waals surface area (Å²) >= 11 is 6.01. The van der Waals surface area contributed by atoms with Gasteiger partial charge >= 0.3 is 0 Å². The summed E-state index contributed by atoms with van der Waals surface area (Å²) in [7, 11) is 0. The molecule has 1 heteroatoms. The van der Waals surface area contributed by atoms with E-state index in [4.69, 9.17) is 11.6 Å². The molecule has 0 aliphatic heterocycles. The van der Waals surface area contributed by atoms with Gasteiger partial charge < -0.3 is 0 Å². The standard InChI is InChI=1S/C16H13Cl/c17-11-13-6-2-4-8-15(13)16-10-9-12-5-1-3-7-14(12)16/h1-10,16H,11H2. The number of halogens is 1. The molecule has 0 bridgehead atoms. The lowest BCUT2D eigenvalue weighted by atomic mass is 9.90. The minimum absolute atomic E-state index is 0.362. The first-order valence-corrected chi connectivity index (χ1v) is 6.34. The third-order valence-corrected chi connectivity index (χ3v) is 3.62. The number of hydrogen-bond acceptors (Lipinski definition) is 0. The van der Waals surface area contributed by atoms with Crippen molar-refractivity contribution in [1.29, 1.82) is 0 Å². The van der Waals surface area contributed by atoms with Gasteiger partial charge in [-0.2, -0.15) is 0 Å². The van der Waals surface area contributed by atoms with E-state index in [2.05, 4.69) is 54.6 Å². The molecular weight excluding hydrogens is 228 g/mol. The summed E-state index contributed by atoms with van der Waals surface area (Å²) in [5, 5.41) is 0. The SMILES string of the molecule is ClCc1ccccc1C1C=Cc2ccccc21. The maximum Gasteiger partial charge on any atom is 0.0477 e. The summed E-state index contributed by atoms with van der Waals surface area (Å²) in [6.45, 7) is 0. The molecule has 3 rings (SSSR count). The predicted octanol–water partition coefficient (Wildman–Crippen LogP) is 4.58. The molecule has 0 spiro atoms. The van der Waals surface area contributed by atoms with E-state index in [1.165, 1.54) is 22.3 Å². The zero-order valence-corrected chi connectivity index (χ0v) is 10.2. The fourth-order valence-electron chi connectivity index (χ4n) is 2.48. The van der Waals surface area contributed by atoms with Gasteiger partial charge in [-0.25, -0.2) is 0 Å². The molecule has 1 unspecified atom stereocenters. The third-order valence-electron chi connectivity index (χ3n) is 3.33. The van der Waals surface area contributed by atoms with Crippen molar-refractivity contribution in [3.05, 3.63) is 76.9 Å². The molecule has 0 saturated heterocycles. The lowest BCUT2D eigenvalue weighted by Crippen LogP contribution is -1.99. The predicted molar refractivity (Wildman–Crippen MR) is 73.3 cm³/mol. The van der Waals surface area contributed by atoms with E-state index in [9.17, 15) is 0 Å². The van der Waals surface area contributed by atoms with Crippen LogP contribution in [0, 0.1) is 0 Å². The Morgan fingerprint density at radius 2 is 1.59 bits per heavy atom. The molecule has 1 atom stereocenters. The molecule has 84 valence electrons. The second-order valence-corrected chi connectivity index (χ2v) is 4.57. The lowest BCUT2D eigenvalue weighted by Gasteiger charge is -2.14. The molecule has 17 heavy (non-hydrogen) atoms. The second kappa shape index (κ2) is 4.38. The van der Waals surface area contributed by atoms with E-state index >= 15 is 0 Å². The van der Waals surface area contributed by atoms with E-state index in [0.29, 0.717) is 11.8 Å². The maximum atomic E-state index is 6.01. The highest BCUT2D eigenvalue weighted by Crippen LogP contribution is 2.36. The van der Waals surface area contributed by atoms with Gasteiger partial charge in [0.05, 0.1) is 0 Å². The Morgan fingerprint density at radius 1 is 0.882 bits per heavy atom. The number of fused-ring (bicyclic) bond motifs is 1. The highest BCUT2D eigenvalue weighted by atomic mass is 35.5. The van der Waals surface area contributed by atoms with Gasteiger partial charge in [0, 0.05) is 11.8 Å². The van der Waals surface area contributed by atoms with Crippen LogP contribution in [0.25, 0.3) is 6.08 Å². The van der Waals surface area contributed by atoms with Crippen molar-refractivity contribution in [3.8, 4) is 0 Å². The van der Waals surface area contributed by atoms with Crippen LogP contribution in [0.1, 0.15) is 28.2 Å². The summed E-state index contributed by atoms with van der Waals surface area (Å²) in [5.41, 5.74) is 5.25. The first kappa shape index (κ1) is 10.6. The van der Waals surface area contributed by atoms with Crippen LogP contribution in [0.2, 0.25) is 0 Å². The summed E-state index contributed by atoms with van der Waals surface area (Å²) in [5.74, 6) is 0.934. The number of benzene rings is 2. The van der Waals surface area contributed by atoms with Gasteiger partial charge in [0.1, 0.15) is 0 Å². The number of alkyl halides is 1. The molecule has 0 saturated carbocycles. The van der Waals surface area contributed by atoms with Crippen LogP contribution in [0.5, 0.6) is 0 Å². The summed E-state index contributed by atoms with van der Waals surface area (Å²) in [4.78, 5) is 0. The van der Waals surface area contributed by atoms with Crippen LogP contribution < -0.4 is 0 Å². The topological polar surface area (TPSA) is 0 Å². The fourth-order valence-corrected chi connectivity index (χ4v) is 2.72. The summed E-state index contributed by atoms with van der Waals surface area (Å²) < 4.78 is 0. The molecule has 1 aliphatic carbocycles. The number of allylic oxidation sites excluding steroid dienone is 1. The molecule has 0 aromatic heterocycles. The second-order valence-electron chi connectivity index (χ2n) is 4.30. The van der Waals surface area contributed by atoms with Crippen LogP contribution in [0.3, 0.4) is 0 Å². The highest BCUT2D eigenvalue weighted by molar-refractivity contribution is 6.17. The fraction of sp³-hybridized carbons (Fsp3) is 0.125. The summed E-state index contributed by atoms with van der Waals surface area (Å²) in [6.07, 6.45) is 4.46. The minimum atomic E-state index is 0.362. The number of hydrogen-bond donors (Lipinski definition) is 0. The van der Waals surface area contributed by atoms with Gasteiger partial charge in [-0.3, -0.25) is 0 Å². The van der Waals surface area contributed by atoms with Crippen molar-refractivity contribution in [2.24, 2.45) is 0 Å². The Hall–Kier alpha value is -1.53. The van der Waals surface area contributed by atoms with Gasteiger partial charge in [-0.1, -0.05) is 60.7 Å². The van der Waals surface area contributed by atoms with E-state index in [0.717, 1.165) is 0 Å². The minimum Gasteiger partial charge on any atom is -0.122 e. The zero-order valence-electron chi connectivity index (χ0n) is 9.44. The third kappa shape index (κ3) is 1.79. The van der Waals surface area contributed by atoms with E-state index < -0.39 is 0 Å². The monoisotopic (exact) mass is 240 g/mol. The van der Waals surface area contributed by atoms with Crippen LogP contribution in [0.4, 0.5) is 0 Å². The van der Waals surface area contributed by atoms with Crippen molar-refractivity contribution in [2.45, 2.75) is 11.8 Å². The first-order valence-electron chi connectivity index (χ1n) is 5.81. The Morgan fingerprint density at radius 3 is 2.41 bits per heavy atom. The lowest BCUT2D eigenvalue weighted by molar-refractivity contribution is 1.02. The molecule has 2 aromatic carbocycles. The molecule has 2 aromatic rings. The molecule has 0 fully saturated rings. The largest absolute Gasteiger partial charge is 0.122 e. The number of rotatable bonds is 2. The molecule has 0 N–H and O–H groups in total. The van der Waals surface area contributed by atoms with Crippen LogP contribution in [0.15, 0.2) is 54.6 Å². The Bertz CT molecular complexity index is 569. The van der Waals surface area contributed by atoms with Crippen molar-refractivity contribution in [2.75, 3.05) is 0 Å². The van der Waals surface area contributed by atoms with Crippen molar-refractivity contribution in [1.82, 2.24) is 0 Å². The van der Waals surface area contributed by atoms with Gasteiger partial charge in [-0.15, -0.1) is 11.6 Å². The zero-order chi connectivity index (χ0) is 11.7. The van der Waals surface area contributed by atoms with Crippen molar-refractivity contribution in [3.63, 3.8) is 0 Å². The smallest absolute Gasteiger partial charge is 0.0477 e. The average molecular weight is 241 g/mol. The van der Waals surface area contributed by atoms with Gasteiger partial charge in [0.25, 0.3) is 0 Å².